The molecule has 0 fully saturated rings. The number of rotatable bonds is 5. The summed E-state index contributed by atoms with van der Waals surface area (Å²) < 4.78 is 0. The third-order valence-corrected chi connectivity index (χ3v) is 2.43. The Labute approximate surface area is 96.3 Å². The second-order valence-corrected chi connectivity index (χ2v) is 4.55. The Morgan fingerprint density at radius 3 is 2.69 bits per heavy atom. The molecule has 0 heterocycles. The fourth-order valence-corrected chi connectivity index (χ4v) is 1.64. The quantitative estimate of drug-likeness (QED) is 0.798. The minimum atomic E-state index is -0.401. The molecule has 0 spiro atoms. The van der Waals surface area contributed by atoms with Crippen molar-refractivity contribution in [3.05, 3.63) is 29.8 Å². The lowest BCUT2D eigenvalue weighted by Gasteiger charge is -2.12. The van der Waals surface area contributed by atoms with Crippen molar-refractivity contribution in [1.82, 2.24) is 0 Å². The zero-order chi connectivity index (χ0) is 12.1. The SMILES string of the molecule is CC(C)CC(N)C(=O)Cc1cccc(O)c1. The molecule has 3 heteroatoms. The summed E-state index contributed by atoms with van der Waals surface area (Å²) in [5.74, 6) is 0.630. The summed E-state index contributed by atoms with van der Waals surface area (Å²) in [6.07, 6.45) is 1.000. The highest BCUT2D eigenvalue weighted by molar-refractivity contribution is 5.85. The van der Waals surface area contributed by atoms with Gasteiger partial charge in [-0.1, -0.05) is 26.0 Å². The highest BCUT2D eigenvalue weighted by Crippen LogP contribution is 2.13. The van der Waals surface area contributed by atoms with Crippen molar-refractivity contribution in [2.45, 2.75) is 32.7 Å². The van der Waals surface area contributed by atoms with Gasteiger partial charge in [0.25, 0.3) is 0 Å². The van der Waals surface area contributed by atoms with Crippen LogP contribution in [0.1, 0.15) is 25.8 Å². The van der Waals surface area contributed by atoms with E-state index in [-0.39, 0.29) is 11.5 Å². The lowest BCUT2D eigenvalue weighted by Crippen LogP contribution is -2.33. The largest absolute Gasteiger partial charge is 0.508 e. The van der Waals surface area contributed by atoms with E-state index in [9.17, 15) is 9.90 Å². The summed E-state index contributed by atoms with van der Waals surface area (Å²) in [4.78, 5) is 11.8. The number of hydrogen-bond acceptors (Lipinski definition) is 3. The molecule has 1 rings (SSSR count). The molecule has 0 radical (unpaired) electrons. The zero-order valence-electron chi connectivity index (χ0n) is 9.81. The van der Waals surface area contributed by atoms with E-state index >= 15 is 0 Å². The third kappa shape index (κ3) is 4.03. The van der Waals surface area contributed by atoms with Crippen LogP contribution < -0.4 is 5.73 Å². The van der Waals surface area contributed by atoms with Gasteiger partial charge in [0.05, 0.1) is 6.04 Å². The number of benzene rings is 1. The minimum Gasteiger partial charge on any atom is -0.508 e. The summed E-state index contributed by atoms with van der Waals surface area (Å²) in [7, 11) is 0. The van der Waals surface area contributed by atoms with Crippen LogP contribution in [0.25, 0.3) is 0 Å². The van der Waals surface area contributed by atoms with Crippen molar-refractivity contribution in [3.8, 4) is 5.75 Å². The first-order valence-electron chi connectivity index (χ1n) is 5.55. The Kier molecular flexibility index (Phi) is 4.50. The van der Waals surface area contributed by atoms with Crippen LogP contribution in [0, 0.1) is 5.92 Å². The van der Waals surface area contributed by atoms with Crippen LogP contribution in [0.5, 0.6) is 5.75 Å². The number of phenols is 1. The highest BCUT2D eigenvalue weighted by atomic mass is 16.3. The van der Waals surface area contributed by atoms with Gasteiger partial charge in [-0.3, -0.25) is 4.79 Å². The van der Waals surface area contributed by atoms with Gasteiger partial charge in [0, 0.05) is 6.42 Å². The molecule has 0 aliphatic rings. The van der Waals surface area contributed by atoms with Crippen molar-refractivity contribution in [2.24, 2.45) is 11.7 Å². The summed E-state index contributed by atoms with van der Waals surface area (Å²) in [5, 5.41) is 9.27. The number of hydrogen-bond donors (Lipinski definition) is 2. The minimum absolute atomic E-state index is 0.0271. The molecule has 0 aromatic heterocycles. The molecule has 0 bridgehead atoms. The van der Waals surface area contributed by atoms with Gasteiger partial charge in [-0.05, 0) is 30.0 Å². The van der Waals surface area contributed by atoms with Gasteiger partial charge < -0.3 is 10.8 Å². The molecule has 1 aromatic rings. The summed E-state index contributed by atoms with van der Waals surface area (Å²) in [5.41, 5.74) is 6.60. The monoisotopic (exact) mass is 221 g/mol. The van der Waals surface area contributed by atoms with Crippen LogP contribution in [0.15, 0.2) is 24.3 Å². The van der Waals surface area contributed by atoms with Crippen molar-refractivity contribution in [3.63, 3.8) is 0 Å². The van der Waals surface area contributed by atoms with E-state index < -0.39 is 6.04 Å². The van der Waals surface area contributed by atoms with Crippen LogP contribution >= 0.6 is 0 Å². The lowest BCUT2D eigenvalue weighted by atomic mass is 9.97. The Morgan fingerprint density at radius 2 is 2.12 bits per heavy atom. The first kappa shape index (κ1) is 12.7. The van der Waals surface area contributed by atoms with Gasteiger partial charge >= 0.3 is 0 Å². The van der Waals surface area contributed by atoms with Gasteiger partial charge in [0.1, 0.15) is 5.75 Å². The standard InChI is InChI=1S/C13H19NO2/c1-9(2)6-12(14)13(16)8-10-4-3-5-11(15)7-10/h3-5,7,9,12,15H,6,8,14H2,1-2H3. The number of aromatic hydroxyl groups is 1. The lowest BCUT2D eigenvalue weighted by molar-refractivity contribution is -0.120. The fourth-order valence-electron chi connectivity index (χ4n) is 1.64. The van der Waals surface area contributed by atoms with Crippen LogP contribution in [0.3, 0.4) is 0 Å². The van der Waals surface area contributed by atoms with Crippen molar-refractivity contribution in [2.75, 3.05) is 0 Å². The zero-order valence-corrected chi connectivity index (χ0v) is 9.81. The number of Topliss-reactive ketones (excluding diaryl/α,β-unsaturated/α-hetero) is 1. The Bertz CT molecular complexity index is 361. The van der Waals surface area contributed by atoms with Gasteiger partial charge in [-0.15, -0.1) is 0 Å². The molecule has 1 aromatic carbocycles. The van der Waals surface area contributed by atoms with E-state index in [1.54, 1.807) is 18.2 Å². The maximum Gasteiger partial charge on any atom is 0.153 e. The van der Waals surface area contributed by atoms with E-state index in [0.717, 1.165) is 5.56 Å². The first-order valence-corrected chi connectivity index (χ1v) is 5.55. The maximum atomic E-state index is 11.8. The molecular weight excluding hydrogens is 202 g/mol. The molecule has 3 nitrogen and oxygen atoms in total. The number of phenolic OH excluding ortho intramolecular Hbond substituents is 1. The molecule has 1 unspecified atom stereocenters. The van der Waals surface area contributed by atoms with E-state index in [4.69, 9.17) is 5.73 Å². The van der Waals surface area contributed by atoms with Crippen LogP contribution in [-0.4, -0.2) is 16.9 Å². The van der Waals surface area contributed by atoms with Gasteiger partial charge in [0.15, 0.2) is 5.78 Å². The normalized spacial score (nSPS) is 12.8. The molecule has 16 heavy (non-hydrogen) atoms. The summed E-state index contributed by atoms with van der Waals surface area (Å²) in [6.45, 7) is 4.09. The van der Waals surface area contributed by atoms with Crippen LogP contribution in [-0.2, 0) is 11.2 Å². The second kappa shape index (κ2) is 5.66. The predicted molar refractivity (Wildman–Crippen MR) is 64.2 cm³/mol. The van der Waals surface area contributed by atoms with E-state index in [1.807, 2.05) is 19.9 Å². The Balaban J connectivity index is 2.57. The summed E-state index contributed by atoms with van der Waals surface area (Å²) >= 11 is 0. The second-order valence-electron chi connectivity index (χ2n) is 4.55. The van der Waals surface area contributed by atoms with E-state index in [1.165, 1.54) is 0 Å². The van der Waals surface area contributed by atoms with Gasteiger partial charge in [-0.25, -0.2) is 0 Å². The average molecular weight is 221 g/mol. The van der Waals surface area contributed by atoms with Crippen molar-refractivity contribution in [1.29, 1.82) is 0 Å². The molecular formula is C13H19NO2. The first-order chi connectivity index (χ1) is 7.49. The molecule has 0 saturated heterocycles. The van der Waals surface area contributed by atoms with E-state index in [2.05, 4.69) is 0 Å². The van der Waals surface area contributed by atoms with Crippen LogP contribution in [0.2, 0.25) is 0 Å². The van der Waals surface area contributed by atoms with Crippen molar-refractivity contribution >= 4 is 5.78 Å². The molecule has 1 atom stereocenters. The van der Waals surface area contributed by atoms with Gasteiger partial charge in [0.2, 0.25) is 0 Å². The van der Waals surface area contributed by atoms with Crippen molar-refractivity contribution < 1.29 is 9.90 Å². The number of carbonyl (C=O) groups excluding carboxylic acids is 1. The average Bonchev–Trinajstić information content (AvgIpc) is 2.16. The fraction of sp³-hybridized carbons (Fsp3) is 0.462. The predicted octanol–water partition coefficient (Wildman–Crippen LogP) is 1.88. The number of carbonyl (C=O) groups is 1. The molecule has 0 amide bonds. The maximum absolute atomic E-state index is 11.8. The molecule has 3 N–H and O–H groups in total. The topological polar surface area (TPSA) is 63.3 Å². The Morgan fingerprint density at radius 1 is 1.44 bits per heavy atom. The summed E-state index contributed by atoms with van der Waals surface area (Å²) in [6, 6.07) is 6.33. The molecule has 0 aliphatic heterocycles. The van der Waals surface area contributed by atoms with Crippen LogP contribution in [0.4, 0.5) is 0 Å². The third-order valence-electron chi connectivity index (χ3n) is 2.43. The number of nitrogens with two attached hydrogens (primary N) is 1. The number of ketones is 1. The molecule has 0 saturated carbocycles. The van der Waals surface area contributed by atoms with Gasteiger partial charge in [-0.2, -0.15) is 0 Å². The van der Waals surface area contributed by atoms with E-state index in [0.29, 0.717) is 18.8 Å². The smallest absolute Gasteiger partial charge is 0.153 e. The highest BCUT2D eigenvalue weighted by Gasteiger charge is 2.15. The molecule has 88 valence electrons. The Hall–Kier alpha value is -1.35. The molecule has 0 aliphatic carbocycles.